The van der Waals surface area contributed by atoms with Gasteiger partial charge in [-0.2, -0.15) is 4.31 Å². The van der Waals surface area contributed by atoms with E-state index in [0.717, 1.165) is 15.3 Å². The first-order valence-corrected chi connectivity index (χ1v) is 11.4. The molecule has 0 fully saturated rings. The Bertz CT molecular complexity index is 975. The van der Waals surface area contributed by atoms with E-state index in [0.29, 0.717) is 19.0 Å². The Morgan fingerprint density at radius 2 is 1.96 bits per heavy atom. The smallest absolute Gasteiger partial charge is 0.251 e. The fourth-order valence-corrected chi connectivity index (χ4v) is 4.88. The topological polar surface area (TPSA) is 101 Å². The summed E-state index contributed by atoms with van der Waals surface area (Å²) < 4.78 is 27.6. The number of thiazole rings is 1. The van der Waals surface area contributed by atoms with Gasteiger partial charge in [-0.05, 0) is 6.07 Å². The second-order valence-corrected chi connectivity index (χ2v) is 9.36. The number of amides is 1. The average Bonchev–Trinajstić information content (AvgIpc) is 3.12. The molecule has 1 amide bonds. The maximum absolute atomic E-state index is 12.6. The number of hydrogen-bond donors (Lipinski definition) is 1. The summed E-state index contributed by atoms with van der Waals surface area (Å²) in [6, 6.07) is 2.44. The number of pyridine rings is 1. The SMILES string of the molecule is CCN(CC)S(=O)(=O)c1ccc(=O)n(CC(=O)NCc2csc(C(C)C)n2)c1. The maximum atomic E-state index is 12.6. The van der Waals surface area contributed by atoms with Crippen LogP contribution in [-0.2, 0) is 27.9 Å². The van der Waals surface area contributed by atoms with E-state index in [4.69, 9.17) is 0 Å². The number of nitrogens with zero attached hydrogens (tertiary/aromatic N) is 3. The van der Waals surface area contributed by atoms with Gasteiger partial charge in [0.2, 0.25) is 15.9 Å². The van der Waals surface area contributed by atoms with Crippen molar-refractivity contribution >= 4 is 27.3 Å². The molecule has 0 unspecified atom stereocenters. The second-order valence-electron chi connectivity index (χ2n) is 6.53. The van der Waals surface area contributed by atoms with Crippen LogP contribution in [0.4, 0.5) is 0 Å². The molecule has 0 spiro atoms. The summed E-state index contributed by atoms with van der Waals surface area (Å²) in [5.41, 5.74) is 0.316. The number of sulfonamides is 1. The predicted molar refractivity (Wildman–Crippen MR) is 109 cm³/mol. The van der Waals surface area contributed by atoms with E-state index < -0.39 is 21.5 Å². The summed E-state index contributed by atoms with van der Waals surface area (Å²) in [4.78, 5) is 28.7. The van der Waals surface area contributed by atoms with Crippen LogP contribution in [0.2, 0.25) is 0 Å². The predicted octanol–water partition coefficient (Wildman–Crippen LogP) is 1.78. The highest BCUT2D eigenvalue weighted by Gasteiger charge is 2.22. The van der Waals surface area contributed by atoms with Gasteiger partial charge in [-0.3, -0.25) is 9.59 Å². The number of carbonyl (C=O) groups excluding carboxylic acids is 1. The minimum absolute atomic E-state index is 0.00956. The first-order valence-electron chi connectivity index (χ1n) is 9.10. The van der Waals surface area contributed by atoms with Crippen LogP contribution >= 0.6 is 11.3 Å². The molecule has 2 heterocycles. The zero-order valence-electron chi connectivity index (χ0n) is 16.5. The number of rotatable bonds is 9. The van der Waals surface area contributed by atoms with Gasteiger partial charge < -0.3 is 9.88 Å². The van der Waals surface area contributed by atoms with Crippen molar-refractivity contribution in [3.63, 3.8) is 0 Å². The third kappa shape index (κ3) is 5.27. The zero-order valence-corrected chi connectivity index (χ0v) is 18.1. The highest BCUT2D eigenvalue weighted by molar-refractivity contribution is 7.89. The largest absolute Gasteiger partial charge is 0.349 e. The highest BCUT2D eigenvalue weighted by atomic mass is 32.2. The summed E-state index contributed by atoms with van der Waals surface area (Å²) in [6.07, 6.45) is 1.22. The molecule has 0 aromatic carbocycles. The Morgan fingerprint density at radius 1 is 1.29 bits per heavy atom. The van der Waals surface area contributed by atoms with Gasteiger partial charge in [0.05, 0.1) is 22.1 Å². The summed E-state index contributed by atoms with van der Waals surface area (Å²) >= 11 is 1.54. The van der Waals surface area contributed by atoms with E-state index in [-0.39, 0.29) is 18.0 Å². The highest BCUT2D eigenvalue weighted by Crippen LogP contribution is 2.19. The maximum Gasteiger partial charge on any atom is 0.251 e. The van der Waals surface area contributed by atoms with Crippen LogP contribution in [0.5, 0.6) is 0 Å². The molecule has 0 atom stereocenters. The summed E-state index contributed by atoms with van der Waals surface area (Å²) in [7, 11) is -3.70. The van der Waals surface area contributed by atoms with E-state index in [9.17, 15) is 18.0 Å². The molecule has 154 valence electrons. The molecule has 0 saturated heterocycles. The van der Waals surface area contributed by atoms with E-state index in [1.807, 2.05) is 19.2 Å². The Labute approximate surface area is 169 Å². The van der Waals surface area contributed by atoms with Crippen LogP contribution in [0, 0.1) is 0 Å². The van der Waals surface area contributed by atoms with Crippen molar-refractivity contribution in [1.82, 2.24) is 19.2 Å². The van der Waals surface area contributed by atoms with Crippen LogP contribution in [0.15, 0.2) is 33.4 Å². The van der Waals surface area contributed by atoms with Crippen molar-refractivity contribution in [2.24, 2.45) is 0 Å². The molecule has 0 aliphatic rings. The van der Waals surface area contributed by atoms with Crippen LogP contribution in [-0.4, -0.2) is 41.3 Å². The van der Waals surface area contributed by atoms with Crippen molar-refractivity contribution in [2.45, 2.75) is 51.6 Å². The molecule has 0 saturated carbocycles. The first-order chi connectivity index (χ1) is 13.2. The molecule has 2 aromatic heterocycles. The van der Waals surface area contributed by atoms with Crippen LogP contribution in [0.1, 0.15) is 44.3 Å². The molecule has 2 aromatic rings. The van der Waals surface area contributed by atoms with E-state index in [1.54, 1.807) is 13.8 Å². The number of nitrogens with one attached hydrogen (secondary N) is 1. The van der Waals surface area contributed by atoms with Gasteiger partial charge in [0, 0.05) is 36.7 Å². The lowest BCUT2D eigenvalue weighted by Crippen LogP contribution is -2.34. The first kappa shape index (κ1) is 22.3. The fourth-order valence-electron chi connectivity index (χ4n) is 2.57. The van der Waals surface area contributed by atoms with E-state index in [2.05, 4.69) is 10.3 Å². The van der Waals surface area contributed by atoms with Gasteiger partial charge in [-0.15, -0.1) is 11.3 Å². The van der Waals surface area contributed by atoms with Gasteiger partial charge in [-0.1, -0.05) is 27.7 Å². The normalized spacial score (nSPS) is 11.9. The van der Waals surface area contributed by atoms with Crippen molar-refractivity contribution in [3.05, 3.63) is 44.8 Å². The number of carbonyl (C=O) groups is 1. The molecular formula is C18H26N4O4S2. The van der Waals surface area contributed by atoms with Crippen molar-refractivity contribution in [1.29, 1.82) is 0 Å². The minimum atomic E-state index is -3.70. The Morgan fingerprint density at radius 3 is 2.54 bits per heavy atom. The lowest BCUT2D eigenvalue weighted by atomic mass is 10.2. The monoisotopic (exact) mass is 426 g/mol. The second kappa shape index (κ2) is 9.44. The molecule has 0 bridgehead atoms. The average molecular weight is 427 g/mol. The van der Waals surface area contributed by atoms with Crippen molar-refractivity contribution in [3.8, 4) is 0 Å². The molecule has 0 aliphatic carbocycles. The van der Waals surface area contributed by atoms with Gasteiger partial charge >= 0.3 is 0 Å². The fraction of sp³-hybridized carbons (Fsp3) is 0.500. The zero-order chi connectivity index (χ0) is 20.9. The lowest BCUT2D eigenvalue weighted by Gasteiger charge is -2.19. The quantitative estimate of drug-likeness (QED) is 0.659. The molecule has 8 nitrogen and oxygen atoms in total. The van der Waals surface area contributed by atoms with Gasteiger partial charge in [0.15, 0.2) is 0 Å². The third-order valence-electron chi connectivity index (χ3n) is 4.14. The lowest BCUT2D eigenvalue weighted by molar-refractivity contribution is -0.121. The number of aromatic nitrogens is 2. The van der Waals surface area contributed by atoms with Crippen molar-refractivity contribution in [2.75, 3.05) is 13.1 Å². The van der Waals surface area contributed by atoms with E-state index >= 15 is 0 Å². The van der Waals surface area contributed by atoms with Crippen LogP contribution < -0.4 is 10.9 Å². The Kier molecular flexibility index (Phi) is 7.50. The minimum Gasteiger partial charge on any atom is -0.349 e. The Hall–Kier alpha value is -2.04. The van der Waals surface area contributed by atoms with Gasteiger partial charge in [0.1, 0.15) is 6.54 Å². The summed E-state index contributed by atoms with van der Waals surface area (Å²) in [6.45, 7) is 8.23. The number of hydrogen-bond acceptors (Lipinski definition) is 6. The molecule has 0 radical (unpaired) electrons. The standard InChI is InChI=1S/C18H26N4O4S2/c1-5-22(6-2)28(25,26)15-7-8-17(24)21(10-15)11-16(23)19-9-14-12-27-18(20-14)13(3)4/h7-8,10,12-13H,5-6,9,11H2,1-4H3,(H,19,23). The summed E-state index contributed by atoms with van der Waals surface area (Å²) in [5.74, 6) is -0.0675. The summed E-state index contributed by atoms with van der Waals surface area (Å²) in [5, 5.41) is 5.60. The molecule has 10 heteroatoms. The molecule has 0 aliphatic heterocycles. The van der Waals surface area contributed by atoms with Crippen molar-refractivity contribution < 1.29 is 13.2 Å². The van der Waals surface area contributed by atoms with Gasteiger partial charge in [0.25, 0.3) is 5.56 Å². The van der Waals surface area contributed by atoms with Gasteiger partial charge in [-0.25, -0.2) is 13.4 Å². The third-order valence-corrected chi connectivity index (χ3v) is 7.37. The Balaban J connectivity index is 2.10. The molecule has 2 rings (SSSR count). The van der Waals surface area contributed by atoms with Crippen LogP contribution in [0.3, 0.4) is 0 Å². The van der Waals surface area contributed by atoms with Crippen LogP contribution in [0.25, 0.3) is 0 Å². The van der Waals surface area contributed by atoms with E-state index in [1.165, 1.54) is 34.0 Å². The molecular weight excluding hydrogens is 400 g/mol. The molecule has 28 heavy (non-hydrogen) atoms. The molecule has 1 N–H and O–H groups in total.